The van der Waals surface area contributed by atoms with Gasteiger partial charge in [0.15, 0.2) is 5.82 Å². The molecular weight excluding hydrogens is 396 g/mol. The predicted octanol–water partition coefficient (Wildman–Crippen LogP) is 2.40. The Hall–Kier alpha value is -2.23. The summed E-state index contributed by atoms with van der Waals surface area (Å²) in [4.78, 5) is 19.0. The van der Waals surface area contributed by atoms with Gasteiger partial charge in [-0.1, -0.05) is 26.2 Å². The Labute approximate surface area is 184 Å². The summed E-state index contributed by atoms with van der Waals surface area (Å²) in [6.45, 7) is 8.97. The van der Waals surface area contributed by atoms with Gasteiger partial charge in [-0.2, -0.15) is 15.0 Å². The molecule has 4 rings (SSSR count). The van der Waals surface area contributed by atoms with Crippen LogP contribution < -0.4 is 15.1 Å². The molecule has 0 amide bonds. The van der Waals surface area contributed by atoms with Crippen LogP contribution in [0.25, 0.3) is 0 Å². The maximum Gasteiger partial charge on any atom is 0.230 e. The molecule has 9 heteroatoms. The first kappa shape index (κ1) is 22.0. The van der Waals surface area contributed by atoms with E-state index in [0.29, 0.717) is 44.1 Å². The number of furan rings is 1. The van der Waals surface area contributed by atoms with Crippen molar-refractivity contribution >= 4 is 11.9 Å². The normalized spacial score (nSPS) is 18.4. The van der Waals surface area contributed by atoms with Gasteiger partial charge in [0.2, 0.25) is 11.9 Å². The Morgan fingerprint density at radius 3 is 2.10 bits per heavy atom. The third-order valence-electron chi connectivity index (χ3n) is 5.68. The van der Waals surface area contributed by atoms with Crippen LogP contribution in [0.4, 0.5) is 11.9 Å². The number of hydrogen-bond acceptors (Lipinski definition) is 9. The molecule has 0 bridgehead atoms. The standard InChI is InChI=1S/C22H34N6O3/c1-2-3-4-5-8-23-19(18-7-6-13-31-18)20-24-21(27-9-14-29-15-10-27)26-22(25-20)28-11-16-30-17-12-28/h6-7,13,19,23H,2-5,8-12,14-17H2,1H3. The fraction of sp³-hybridized carbons (Fsp3) is 0.682. The van der Waals surface area contributed by atoms with E-state index in [9.17, 15) is 0 Å². The van der Waals surface area contributed by atoms with Crippen LogP contribution in [0.2, 0.25) is 0 Å². The Bertz CT molecular complexity index is 739. The molecule has 2 aliphatic heterocycles. The summed E-state index contributed by atoms with van der Waals surface area (Å²) in [5.41, 5.74) is 0. The zero-order chi connectivity index (χ0) is 21.3. The van der Waals surface area contributed by atoms with Crippen molar-refractivity contribution in [1.82, 2.24) is 20.3 Å². The van der Waals surface area contributed by atoms with Gasteiger partial charge >= 0.3 is 0 Å². The zero-order valence-electron chi connectivity index (χ0n) is 18.5. The highest BCUT2D eigenvalue weighted by molar-refractivity contribution is 5.41. The maximum absolute atomic E-state index is 5.77. The second kappa shape index (κ2) is 11.4. The van der Waals surface area contributed by atoms with Gasteiger partial charge in [-0.3, -0.25) is 0 Å². The Kier molecular flexibility index (Phi) is 8.09. The highest BCUT2D eigenvalue weighted by Crippen LogP contribution is 2.24. The molecule has 0 radical (unpaired) electrons. The summed E-state index contributed by atoms with van der Waals surface area (Å²) in [7, 11) is 0. The fourth-order valence-electron chi connectivity index (χ4n) is 3.88. The maximum atomic E-state index is 5.77. The quantitative estimate of drug-likeness (QED) is 0.571. The summed E-state index contributed by atoms with van der Waals surface area (Å²) in [5, 5.41) is 3.62. The van der Waals surface area contributed by atoms with Gasteiger partial charge < -0.3 is 29.0 Å². The predicted molar refractivity (Wildman–Crippen MR) is 119 cm³/mol. The molecular formula is C22H34N6O3. The van der Waals surface area contributed by atoms with Crippen molar-refractivity contribution in [3.8, 4) is 0 Å². The van der Waals surface area contributed by atoms with Crippen LogP contribution in [0.15, 0.2) is 22.8 Å². The minimum Gasteiger partial charge on any atom is -0.467 e. The summed E-state index contributed by atoms with van der Waals surface area (Å²) in [6.07, 6.45) is 6.50. The van der Waals surface area contributed by atoms with Crippen molar-refractivity contribution < 1.29 is 13.9 Å². The number of nitrogens with zero attached hydrogens (tertiary/aromatic N) is 5. The van der Waals surface area contributed by atoms with Crippen molar-refractivity contribution in [2.24, 2.45) is 0 Å². The lowest BCUT2D eigenvalue weighted by atomic mass is 10.1. The molecule has 9 nitrogen and oxygen atoms in total. The van der Waals surface area contributed by atoms with E-state index in [2.05, 4.69) is 22.0 Å². The van der Waals surface area contributed by atoms with E-state index in [4.69, 9.17) is 28.8 Å². The summed E-state index contributed by atoms with van der Waals surface area (Å²) in [5.74, 6) is 2.93. The lowest BCUT2D eigenvalue weighted by Crippen LogP contribution is -2.40. The van der Waals surface area contributed by atoms with E-state index < -0.39 is 0 Å². The van der Waals surface area contributed by atoms with Crippen molar-refractivity contribution in [3.05, 3.63) is 30.0 Å². The number of morpholine rings is 2. The molecule has 0 aromatic carbocycles. The van der Waals surface area contributed by atoms with Crippen molar-refractivity contribution in [2.75, 3.05) is 69.0 Å². The zero-order valence-corrected chi connectivity index (χ0v) is 18.5. The topological polar surface area (TPSA) is 88.8 Å². The first-order valence-electron chi connectivity index (χ1n) is 11.5. The van der Waals surface area contributed by atoms with Gasteiger partial charge in [0.05, 0.1) is 32.7 Å². The molecule has 2 aromatic rings. The third kappa shape index (κ3) is 5.93. The van der Waals surface area contributed by atoms with E-state index in [1.807, 2.05) is 12.1 Å². The summed E-state index contributed by atoms with van der Waals surface area (Å²) < 4.78 is 16.8. The van der Waals surface area contributed by atoms with Crippen LogP contribution in [-0.2, 0) is 9.47 Å². The number of nitrogens with one attached hydrogen (secondary N) is 1. The monoisotopic (exact) mass is 430 g/mol. The highest BCUT2D eigenvalue weighted by atomic mass is 16.5. The molecule has 4 heterocycles. The molecule has 170 valence electrons. The molecule has 1 N–H and O–H groups in total. The molecule has 1 atom stereocenters. The fourth-order valence-corrected chi connectivity index (χ4v) is 3.88. The molecule has 2 aliphatic rings. The SMILES string of the molecule is CCCCCCNC(c1nc(N2CCOCC2)nc(N2CCOCC2)n1)c1ccco1. The van der Waals surface area contributed by atoms with E-state index in [1.54, 1.807) is 6.26 Å². The highest BCUT2D eigenvalue weighted by Gasteiger charge is 2.26. The van der Waals surface area contributed by atoms with Crippen LogP contribution in [-0.4, -0.2) is 74.1 Å². The van der Waals surface area contributed by atoms with E-state index in [-0.39, 0.29) is 6.04 Å². The average molecular weight is 431 g/mol. The molecule has 2 saturated heterocycles. The van der Waals surface area contributed by atoms with Crippen molar-refractivity contribution in [3.63, 3.8) is 0 Å². The number of ether oxygens (including phenoxy) is 2. The Balaban J connectivity index is 1.61. The van der Waals surface area contributed by atoms with Crippen molar-refractivity contribution in [2.45, 2.75) is 38.6 Å². The lowest BCUT2D eigenvalue weighted by Gasteiger charge is -2.31. The van der Waals surface area contributed by atoms with Gasteiger partial charge in [0.1, 0.15) is 11.8 Å². The largest absolute Gasteiger partial charge is 0.467 e. The van der Waals surface area contributed by atoms with Gasteiger partial charge in [-0.25, -0.2) is 0 Å². The number of anilines is 2. The van der Waals surface area contributed by atoms with Crippen molar-refractivity contribution in [1.29, 1.82) is 0 Å². The van der Waals surface area contributed by atoms with Crippen LogP contribution in [0, 0.1) is 0 Å². The average Bonchev–Trinajstić information content (AvgIpc) is 3.37. The number of aromatic nitrogens is 3. The molecule has 2 aromatic heterocycles. The van der Waals surface area contributed by atoms with Gasteiger partial charge in [0.25, 0.3) is 0 Å². The second-order valence-corrected chi connectivity index (χ2v) is 7.96. The number of unbranched alkanes of at least 4 members (excludes halogenated alkanes) is 3. The van der Waals surface area contributed by atoms with Crippen LogP contribution >= 0.6 is 0 Å². The Morgan fingerprint density at radius 2 is 1.55 bits per heavy atom. The molecule has 0 spiro atoms. The molecule has 0 saturated carbocycles. The van der Waals surface area contributed by atoms with Crippen LogP contribution in [0.5, 0.6) is 0 Å². The second-order valence-electron chi connectivity index (χ2n) is 7.96. The van der Waals surface area contributed by atoms with E-state index in [0.717, 1.165) is 44.9 Å². The number of hydrogen-bond donors (Lipinski definition) is 1. The number of rotatable bonds is 10. The first-order valence-corrected chi connectivity index (χ1v) is 11.5. The van der Waals surface area contributed by atoms with Crippen LogP contribution in [0.3, 0.4) is 0 Å². The lowest BCUT2D eigenvalue weighted by molar-refractivity contribution is 0.121. The smallest absolute Gasteiger partial charge is 0.230 e. The third-order valence-corrected chi connectivity index (χ3v) is 5.68. The van der Waals surface area contributed by atoms with E-state index >= 15 is 0 Å². The summed E-state index contributed by atoms with van der Waals surface area (Å²) >= 11 is 0. The molecule has 1 unspecified atom stereocenters. The molecule has 2 fully saturated rings. The first-order chi connectivity index (χ1) is 15.3. The minimum atomic E-state index is -0.209. The van der Waals surface area contributed by atoms with Crippen LogP contribution in [0.1, 0.15) is 50.2 Å². The summed E-state index contributed by atoms with van der Waals surface area (Å²) in [6, 6.07) is 3.68. The Morgan fingerprint density at radius 1 is 0.903 bits per heavy atom. The molecule has 0 aliphatic carbocycles. The minimum absolute atomic E-state index is 0.209. The van der Waals surface area contributed by atoms with Gasteiger partial charge in [-0.15, -0.1) is 0 Å². The van der Waals surface area contributed by atoms with Gasteiger partial charge in [-0.05, 0) is 25.1 Å². The van der Waals surface area contributed by atoms with E-state index in [1.165, 1.54) is 19.3 Å². The molecule has 31 heavy (non-hydrogen) atoms. The van der Waals surface area contributed by atoms with Gasteiger partial charge in [0, 0.05) is 26.2 Å².